The van der Waals surface area contributed by atoms with Crippen LogP contribution in [0.1, 0.15) is 25.0 Å². The van der Waals surface area contributed by atoms with Crippen LogP contribution in [-0.2, 0) is 5.41 Å². The number of aromatic nitrogens is 2. The van der Waals surface area contributed by atoms with Gasteiger partial charge >= 0.3 is 0 Å². The Labute approximate surface area is 383 Å². The largest absolute Gasteiger partial charge is 0.308 e. The van der Waals surface area contributed by atoms with Gasteiger partial charge < -0.3 is 13.9 Å². The molecule has 0 amide bonds. The Morgan fingerprint density at radius 2 is 0.864 bits per heavy atom. The summed E-state index contributed by atoms with van der Waals surface area (Å²) < 4.78 is 4.96. The smallest absolute Gasteiger partial charge is 0.0782 e. The lowest BCUT2D eigenvalue weighted by atomic mass is 9.81. The molecule has 0 saturated heterocycles. The van der Waals surface area contributed by atoms with Crippen molar-refractivity contribution in [3.05, 3.63) is 236 Å². The summed E-state index contributed by atoms with van der Waals surface area (Å²) in [5.74, 6) is 0. The summed E-state index contributed by atoms with van der Waals surface area (Å²) in [4.78, 5) is 2.48. The van der Waals surface area contributed by atoms with Gasteiger partial charge in [0.25, 0.3) is 0 Å². The SMILES string of the molecule is CC1(C)c2cc(-c3cccc4c5cccc6c7ccccc7n(c34)c65)ccc2-c2ccc(N(c3ccc(-c4ccccc4)cc3)c3cccc4c5ccccc5n(-c5ccccc5)c34)cc21. The van der Waals surface area contributed by atoms with Gasteiger partial charge in [0.05, 0.1) is 33.3 Å². The van der Waals surface area contributed by atoms with Crippen LogP contribution in [0.2, 0.25) is 0 Å². The summed E-state index contributed by atoms with van der Waals surface area (Å²) in [5.41, 5.74) is 20.6. The quantitative estimate of drug-likeness (QED) is 0.162. The summed E-state index contributed by atoms with van der Waals surface area (Å²) in [6, 6.07) is 83.0. The molecule has 1 aliphatic rings. The minimum absolute atomic E-state index is 0.265. The molecule has 0 aliphatic heterocycles. The second kappa shape index (κ2) is 13.8. The molecule has 310 valence electrons. The van der Waals surface area contributed by atoms with E-state index < -0.39 is 0 Å². The van der Waals surface area contributed by atoms with Crippen molar-refractivity contribution in [2.75, 3.05) is 4.90 Å². The fourth-order valence-electron chi connectivity index (χ4n) is 11.6. The molecule has 3 heteroatoms. The molecule has 0 fully saturated rings. The molecule has 14 rings (SSSR count). The van der Waals surface area contributed by atoms with E-state index in [1.54, 1.807) is 0 Å². The van der Waals surface area contributed by atoms with Gasteiger partial charge in [0, 0.05) is 60.4 Å². The number of para-hydroxylation sites is 6. The Morgan fingerprint density at radius 3 is 1.62 bits per heavy atom. The average Bonchev–Trinajstić information content (AvgIpc) is 4.08. The van der Waals surface area contributed by atoms with Crippen LogP contribution in [0.5, 0.6) is 0 Å². The Morgan fingerprint density at radius 1 is 0.348 bits per heavy atom. The number of benzene rings is 10. The first kappa shape index (κ1) is 37.0. The fraction of sp³-hybridized carbons (Fsp3) is 0.0476. The second-order valence-corrected chi connectivity index (χ2v) is 18.5. The van der Waals surface area contributed by atoms with Crippen molar-refractivity contribution in [2.24, 2.45) is 0 Å². The monoisotopic (exact) mass is 841 g/mol. The van der Waals surface area contributed by atoms with E-state index >= 15 is 0 Å². The third-order valence-electron chi connectivity index (χ3n) is 14.6. The van der Waals surface area contributed by atoms with Crippen molar-refractivity contribution >= 4 is 77.0 Å². The Bertz CT molecular complexity index is 4060. The van der Waals surface area contributed by atoms with Crippen LogP contribution < -0.4 is 4.90 Å². The van der Waals surface area contributed by atoms with E-state index in [-0.39, 0.29) is 5.41 Å². The lowest BCUT2D eigenvalue weighted by Crippen LogP contribution is -2.17. The van der Waals surface area contributed by atoms with Crippen LogP contribution in [0.15, 0.2) is 224 Å². The molecule has 0 unspecified atom stereocenters. The lowest BCUT2D eigenvalue weighted by Gasteiger charge is -2.29. The first-order valence-corrected chi connectivity index (χ1v) is 23.0. The maximum absolute atomic E-state index is 2.52. The van der Waals surface area contributed by atoms with Crippen LogP contribution >= 0.6 is 0 Å². The summed E-state index contributed by atoms with van der Waals surface area (Å²) in [6.45, 7) is 4.82. The van der Waals surface area contributed by atoms with E-state index in [1.807, 2.05) is 0 Å². The van der Waals surface area contributed by atoms with Crippen molar-refractivity contribution in [3.63, 3.8) is 0 Å². The van der Waals surface area contributed by atoms with Crippen LogP contribution in [0.3, 0.4) is 0 Å². The zero-order valence-corrected chi connectivity index (χ0v) is 36.7. The molecule has 0 N–H and O–H groups in total. The van der Waals surface area contributed by atoms with E-state index in [0.29, 0.717) is 0 Å². The average molecular weight is 842 g/mol. The molecule has 3 aromatic heterocycles. The molecular weight excluding hydrogens is 799 g/mol. The number of nitrogens with zero attached hydrogens (tertiary/aromatic N) is 3. The molecule has 0 atom stereocenters. The molecule has 3 nitrogen and oxygen atoms in total. The Kier molecular flexibility index (Phi) is 7.74. The lowest BCUT2D eigenvalue weighted by molar-refractivity contribution is 0.660. The topological polar surface area (TPSA) is 12.6 Å². The van der Waals surface area contributed by atoms with Gasteiger partial charge in [-0.1, -0.05) is 178 Å². The zero-order chi connectivity index (χ0) is 43.7. The number of hydrogen-bond acceptors (Lipinski definition) is 1. The van der Waals surface area contributed by atoms with Crippen molar-refractivity contribution in [3.8, 4) is 39.1 Å². The van der Waals surface area contributed by atoms with Gasteiger partial charge in [0.15, 0.2) is 0 Å². The highest BCUT2D eigenvalue weighted by molar-refractivity contribution is 6.25. The number of hydrogen-bond donors (Lipinski definition) is 0. The highest BCUT2D eigenvalue weighted by atomic mass is 15.2. The minimum atomic E-state index is -0.265. The highest BCUT2D eigenvalue weighted by Gasteiger charge is 2.37. The van der Waals surface area contributed by atoms with Crippen LogP contribution in [0, 0.1) is 0 Å². The molecule has 3 heterocycles. The summed E-state index contributed by atoms with van der Waals surface area (Å²) in [5, 5.41) is 7.68. The third kappa shape index (κ3) is 5.14. The number of fused-ring (bicyclic) bond motifs is 12. The molecule has 0 radical (unpaired) electrons. The first-order valence-electron chi connectivity index (χ1n) is 23.0. The zero-order valence-electron chi connectivity index (χ0n) is 36.7. The van der Waals surface area contributed by atoms with E-state index in [2.05, 4.69) is 252 Å². The van der Waals surface area contributed by atoms with E-state index in [4.69, 9.17) is 0 Å². The fourth-order valence-corrected chi connectivity index (χ4v) is 11.6. The maximum atomic E-state index is 2.52. The van der Waals surface area contributed by atoms with Gasteiger partial charge in [-0.05, 0) is 99.6 Å². The third-order valence-corrected chi connectivity index (χ3v) is 14.6. The second-order valence-electron chi connectivity index (χ2n) is 18.5. The van der Waals surface area contributed by atoms with Gasteiger partial charge in [-0.3, -0.25) is 0 Å². The maximum Gasteiger partial charge on any atom is 0.0782 e. The van der Waals surface area contributed by atoms with E-state index in [1.165, 1.54) is 104 Å². The van der Waals surface area contributed by atoms with E-state index in [9.17, 15) is 0 Å². The normalized spacial score (nSPS) is 13.1. The predicted octanol–water partition coefficient (Wildman–Crippen LogP) is 17.0. The highest BCUT2D eigenvalue weighted by Crippen LogP contribution is 2.53. The van der Waals surface area contributed by atoms with Crippen LogP contribution in [-0.4, -0.2) is 8.97 Å². The molecule has 1 aliphatic carbocycles. The number of anilines is 3. The van der Waals surface area contributed by atoms with E-state index in [0.717, 1.165) is 22.7 Å². The summed E-state index contributed by atoms with van der Waals surface area (Å²) >= 11 is 0. The summed E-state index contributed by atoms with van der Waals surface area (Å²) in [6.07, 6.45) is 0. The van der Waals surface area contributed by atoms with Gasteiger partial charge in [0.2, 0.25) is 0 Å². The van der Waals surface area contributed by atoms with Crippen molar-refractivity contribution in [1.82, 2.24) is 8.97 Å². The minimum Gasteiger partial charge on any atom is -0.308 e. The first-order chi connectivity index (χ1) is 32.5. The van der Waals surface area contributed by atoms with Gasteiger partial charge in [-0.2, -0.15) is 0 Å². The molecule has 0 saturated carbocycles. The van der Waals surface area contributed by atoms with Crippen molar-refractivity contribution < 1.29 is 0 Å². The molecule has 13 aromatic rings. The molecule has 10 aromatic carbocycles. The van der Waals surface area contributed by atoms with Gasteiger partial charge in [-0.15, -0.1) is 0 Å². The van der Waals surface area contributed by atoms with Crippen molar-refractivity contribution in [1.29, 1.82) is 0 Å². The van der Waals surface area contributed by atoms with Crippen LogP contribution in [0.25, 0.3) is 99.0 Å². The summed E-state index contributed by atoms with van der Waals surface area (Å²) in [7, 11) is 0. The Balaban J connectivity index is 0.954. The molecular formula is C63H43N3. The number of rotatable bonds is 6. The molecule has 66 heavy (non-hydrogen) atoms. The van der Waals surface area contributed by atoms with Crippen LogP contribution in [0.4, 0.5) is 17.1 Å². The molecule has 0 bridgehead atoms. The van der Waals surface area contributed by atoms with Crippen molar-refractivity contribution in [2.45, 2.75) is 19.3 Å². The molecule has 0 spiro atoms. The standard InChI is InChI=1S/C63H43N3/c1-63(2)55-38-42(46-22-13-24-53-54-25-14-23-51-49-20-10-12-28-58(49)66(60(46)53)61(51)54)32-36-47(55)48-37-35-45(39-56(48)63)64(44-33-30-41(31-34-44)40-16-5-3-6-17-40)59-29-15-26-52-50-21-9-11-27-57(50)65(62(52)59)43-18-7-4-8-19-43/h3-39H,1-2H3. The van der Waals surface area contributed by atoms with Gasteiger partial charge in [0.1, 0.15) is 0 Å². The van der Waals surface area contributed by atoms with Gasteiger partial charge in [-0.25, -0.2) is 0 Å². The predicted molar refractivity (Wildman–Crippen MR) is 279 cm³/mol. The Hall–Kier alpha value is -8.40.